The molecule has 0 saturated heterocycles. The highest BCUT2D eigenvalue weighted by atomic mass is 32.1. The molecule has 0 atom stereocenters. The highest BCUT2D eigenvalue weighted by Gasteiger charge is 2.03. The Morgan fingerprint density at radius 3 is 2.82 bits per heavy atom. The van der Waals surface area contributed by atoms with Crippen LogP contribution in [0.4, 0.5) is 0 Å². The highest BCUT2D eigenvalue weighted by Crippen LogP contribution is 2.26. The van der Waals surface area contributed by atoms with Crippen molar-refractivity contribution in [3.8, 4) is 10.4 Å². The first kappa shape index (κ1) is 14.6. The van der Waals surface area contributed by atoms with Crippen molar-refractivity contribution in [3.63, 3.8) is 0 Å². The summed E-state index contributed by atoms with van der Waals surface area (Å²) in [5.74, 6) is 0. The van der Waals surface area contributed by atoms with Gasteiger partial charge in [0.2, 0.25) is 4.77 Å². The number of aromatic nitrogens is 3. The lowest BCUT2D eigenvalue weighted by Crippen LogP contribution is -2.22. The third kappa shape index (κ3) is 2.95. The van der Waals surface area contributed by atoms with Crippen molar-refractivity contribution >= 4 is 29.8 Å². The van der Waals surface area contributed by atoms with Gasteiger partial charge in [-0.1, -0.05) is 30.3 Å². The molecule has 0 unspecified atom stereocenters. The maximum atomic E-state index is 11.9. The molecule has 0 saturated carbocycles. The van der Waals surface area contributed by atoms with E-state index in [1.807, 2.05) is 30.3 Å². The number of aromatic amines is 1. The second-order valence-electron chi connectivity index (χ2n) is 4.54. The van der Waals surface area contributed by atoms with E-state index < -0.39 is 0 Å². The molecule has 0 aliphatic carbocycles. The molecule has 0 amide bonds. The zero-order valence-corrected chi connectivity index (χ0v) is 13.3. The van der Waals surface area contributed by atoms with Crippen molar-refractivity contribution < 1.29 is 0 Å². The van der Waals surface area contributed by atoms with E-state index in [9.17, 15) is 4.79 Å². The number of nitrogens with zero attached hydrogens (tertiary/aromatic N) is 3. The molecular weight excluding hydrogens is 316 g/mol. The molecule has 0 aliphatic heterocycles. The van der Waals surface area contributed by atoms with E-state index in [2.05, 4.69) is 27.4 Å². The van der Waals surface area contributed by atoms with Crippen LogP contribution in [0.2, 0.25) is 0 Å². The van der Waals surface area contributed by atoms with E-state index >= 15 is 0 Å². The van der Waals surface area contributed by atoms with Crippen LogP contribution in [0.3, 0.4) is 0 Å². The van der Waals surface area contributed by atoms with E-state index in [0.29, 0.717) is 5.69 Å². The van der Waals surface area contributed by atoms with Gasteiger partial charge in [0.15, 0.2) is 0 Å². The van der Waals surface area contributed by atoms with Gasteiger partial charge in [-0.2, -0.15) is 14.9 Å². The quantitative estimate of drug-likeness (QED) is 0.593. The Kier molecular flexibility index (Phi) is 4.08. The predicted molar refractivity (Wildman–Crippen MR) is 91.2 cm³/mol. The number of hydrogen-bond acceptors (Lipinski definition) is 5. The fourth-order valence-electron chi connectivity index (χ4n) is 1.87. The molecule has 7 heteroatoms. The number of rotatable bonds is 3. The summed E-state index contributed by atoms with van der Waals surface area (Å²) >= 11 is 6.63. The molecule has 22 heavy (non-hydrogen) atoms. The van der Waals surface area contributed by atoms with Crippen LogP contribution in [-0.2, 0) is 0 Å². The van der Waals surface area contributed by atoms with Gasteiger partial charge in [-0.05, 0) is 36.8 Å². The lowest BCUT2D eigenvalue weighted by Gasteiger charge is -1.98. The summed E-state index contributed by atoms with van der Waals surface area (Å²) in [6.45, 7) is 1.61. The van der Waals surface area contributed by atoms with Crippen molar-refractivity contribution in [3.05, 3.63) is 68.2 Å². The Bertz CT molecular complexity index is 938. The Balaban J connectivity index is 1.92. The van der Waals surface area contributed by atoms with Crippen molar-refractivity contribution in [1.29, 1.82) is 0 Å². The van der Waals surface area contributed by atoms with Gasteiger partial charge in [0.1, 0.15) is 5.69 Å². The van der Waals surface area contributed by atoms with Crippen molar-refractivity contribution in [2.45, 2.75) is 6.92 Å². The first-order valence-electron chi connectivity index (χ1n) is 6.53. The second-order valence-corrected chi connectivity index (χ2v) is 6.05. The molecule has 110 valence electrons. The van der Waals surface area contributed by atoms with Crippen LogP contribution >= 0.6 is 23.6 Å². The van der Waals surface area contributed by atoms with E-state index in [0.717, 1.165) is 20.0 Å². The normalized spacial score (nSPS) is 11.1. The molecule has 0 radical (unpaired) electrons. The van der Waals surface area contributed by atoms with Crippen LogP contribution < -0.4 is 5.56 Å². The monoisotopic (exact) mass is 328 g/mol. The van der Waals surface area contributed by atoms with Crippen LogP contribution in [0.15, 0.2) is 52.4 Å². The third-order valence-electron chi connectivity index (χ3n) is 3.00. The maximum absolute atomic E-state index is 11.9. The van der Waals surface area contributed by atoms with Gasteiger partial charge >= 0.3 is 0 Å². The van der Waals surface area contributed by atoms with Crippen molar-refractivity contribution in [1.82, 2.24) is 14.9 Å². The number of nitrogens with one attached hydrogen (secondary N) is 1. The van der Waals surface area contributed by atoms with Crippen molar-refractivity contribution in [2.75, 3.05) is 0 Å². The minimum atomic E-state index is -0.320. The van der Waals surface area contributed by atoms with Gasteiger partial charge in [-0.25, -0.2) is 0 Å². The molecule has 3 rings (SSSR count). The number of benzene rings is 1. The van der Waals surface area contributed by atoms with Crippen LogP contribution in [0, 0.1) is 11.7 Å². The van der Waals surface area contributed by atoms with E-state index in [1.165, 1.54) is 0 Å². The Morgan fingerprint density at radius 2 is 2.05 bits per heavy atom. The predicted octanol–water partition coefficient (Wildman–Crippen LogP) is 3.22. The number of hydrogen-bond donors (Lipinski definition) is 1. The average molecular weight is 328 g/mol. The molecule has 2 heterocycles. The second kappa shape index (κ2) is 6.17. The fraction of sp³-hybridized carbons (Fsp3) is 0.0667. The van der Waals surface area contributed by atoms with Gasteiger partial charge in [-0.15, -0.1) is 11.3 Å². The Morgan fingerprint density at radius 1 is 1.27 bits per heavy atom. The smallest absolute Gasteiger partial charge is 0.265 e. The first-order valence-corrected chi connectivity index (χ1v) is 7.75. The summed E-state index contributed by atoms with van der Waals surface area (Å²) in [6.07, 6.45) is 1.63. The van der Waals surface area contributed by atoms with Crippen LogP contribution in [-0.4, -0.2) is 21.1 Å². The molecule has 1 aromatic carbocycles. The van der Waals surface area contributed by atoms with E-state index in [1.54, 1.807) is 24.5 Å². The molecular formula is C15H12N4OS2. The molecule has 1 N–H and O–H groups in total. The summed E-state index contributed by atoms with van der Waals surface area (Å²) in [4.78, 5) is 14.0. The molecule has 0 aliphatic rings. The largest absolute Gasteiger partial charge is 0.296 e. The Hall–Kier alpha value is -2.38. The SMILES string of the molecule is Cc1n[nH]c(=S)n(/N=C\c2ccc(-c3ccccc3)s2)c1=O. The summed E-state index contributed by atoms with van der Waals surface area (Å²) in [6, 6.07) is 14.1. The van der Waals surface area contributed by atoms with E-state index in [4.69, 9.17) is 12.2 Å². The zero-order valence-electron chi connectivity index (χ0n) is 11.7. The topological polar surface area (TPSA) is 63.0 Å². The molecule has 0 spiro atoms. The fourth-order valence-corrected chi connectivity index (χ4v) is 2.93. The molecule has 5 nitrogen and oxygen atoms in total. The summed E-state index contributed by atoms with van der Waals surface area (Å²) in [5, 5.41) is 10.6. The summed E-state index contributed by atoms with van der Waals surface area (Å²) < 4.78 is 1.31. The van der Waals surface area contributed by atoms with Crippen LogP contribution in [0.25, 0.3) is 10.4 Å². The number of thiophene rings is 1. The van der Waals surface area contributed by atoms with Gasteiger partial charge < -0.3 is 0 Å². The van der Waals surface area contributed by atoms with E-state index in [-0.39, 0.29) is 10.3 Å². The maximum Gasteiger partial charge on any atom is 0.296 e. The number of H-pyrrole nitrogens is 1. The molecule has 0 fully saturated rings. The number of aryl methyl sites for hydroxylation is 1. The summed E-state index contributed by atoms with van der Waals surface area (Å²) in [7, 11) is 0. The van der Waals surface area contributed by atoms with Crippen molar-refractivity contribution in [2.24, 2.45) is 5.10 Å². The average Bonchev–Trinajstić information content (AvgIpc) is 3.01. The lowest BCUT2D eigenvalue weighted by atomic mass is 10.2. The first-order chi connectivity index (χ1) is 10.6. The lowest BCUT2D eigenvalue weighted by molar-refractivity contribution is 0.720. The van der Waals surface area contributed by atoms with Gasteiger partial charge in [-0.3, -0.25) is 9.89 Å². The molecule has 2 aromatic heterocycles. The standard InChI is InChI=1S/C15H12N4OS2/c1-10-14(20)19(15(21)18-17-10)16-9-12-7-8-13(22-12)11-5-3-2-4-6-11/h2-9H,1H3,(H,18,21)/b16-9-. The minimum absolute atomic E-state index is 0.173. The molecule has 0 bridgehead atoms. The minimum Gasteiger partial charge on any atom is -0.265 e. The van der Waals surface area contributed by atoms with Crippen LogP contribution in [0.5, 0.6) is 0 Å². The zero-order chi connectivity index (χ0) is 15.5. The summed E-state index contributed by atoms with van der Waals surface area (Å²) in [5.41, 5.74) is 1.16. The van der Waals surface area contributed by atoms with Gasteiger partial charge in [0, 0.05) is 9.75 Å². The van der Waals surface area contributed by atoms with Gasteiger partial charge in [0.05, 0.1) is 6.21 Å². The highest BCUT2D eigenvalue weighted by molar-refractivity contribution is 7.71. The van der Waals surface area contributed by atoms with Crippen LogP contribution in [0.1, 0.15) is 10.6 Å². The third-order valence-corrected chi connectivity index (χ3v) is 4.33. The Labute approximate surface area is 135 Å². The van der Waals surface area contributed by atoms with Gasteiger partial charge in [0.25, 0.3) is 5.56 Å². The molecule has 3 aromatic rings.